The fourth-order valence-corrected chi connectivity index (χ4v) is 3.79. The molecular weight excluding hydrogens is 366 g/mol. The van der Waals surface area contributed by atoms with Crippen LogP contribution in [0.3, 0.4) is 0 Å². The van der Waals surface area contributed by atoms with Crippen LogP contribution in [0, 0.1) is 12.8 Å². The van der Waals surface area contributed by atoms with E-state index in [2.05, 4.69) is 4.98 Å². The number of aromatic amines is 1. The van der Waals surface area contributed by atoms with Crippen molar-refractivity contribution < 1.29 is 14.5 Å². The van der Waals surface area contributed by atoms with Crippen molar-refractivity contribution in [3.63, 3.8) is 0 Å². The lowest BCUT2D eigenvalue weighted by Crippen LogP contribution is -2.40. The van der Waals surface area contributed by atoms with Crippen molar-refractivity contribution in [2.75, 3.05) is 6.61 Å². The van der Waals surface area contributed by atoms with Gasteiger partial charge in [-0.05, 0) is 24.3 Å². The summed E-state index contributed by atoms with van der Waals surface area (Å²) in [6.07, 6.45) is 0. The van der Waals surface area contributed by atoms with Gasteiger partial charge >= 0.3 is 11.7 Å². The van der Waals surface area contributed by atoms with Crippen molar-refractivity contribution in [2.45, 2.75) is 20.8 Å². The monoisotopic (exact) mass is 388 g/mol. The number of carbonyl (C=O) groups is 1. The number of nitrogens with one attached hydrogen (secondary N) is 1. The van der Waals surface area contributed by atoms with Gasteiger partial charge in [0, 0.05) is 17.5 Å². The standard InChI is InChI=1S/C19H21N3O4S/c1-10(2)9-26-18(24)13-11(3)20-16-15(14(13)12-7-6-8-27-12)17(23)22(5)19(25)21(16)4/h6-8,10H,9H2,1-5H3/p+1. The zero-order valence-electron chi connectivity index (χ0n) is 16.0. The summed E-state index contributed by atoms with van der Waals surface area (Å²) in [5, 5.41) is 2.17. The third kappa shape index (κ3) is 3.21. The van der Waals surface area contributed by atoms with Gasteiger partial charge in [-0.2, -0.15) is 4.57 Å². The van der Waals surface area contributed by atoms with Crippen LogP contribution in [0.15, 0.2) is 27.1 Å². The highest BCUT2D eigenvalue weighted by Gasteiger charge is 2.29. The molecule has 3 aromatic rings. The van der Waals surface area contributed by atoms with E-state index < -0.39 is 17.2 Å². The van der Waals surface area contributed by atoms with Crippen molar-refractivity contribution in [1.29, 1.82) is 0 Å². The van der Waals surface area contributed by atoms with Crippen molar-refractivity contribution in [3.05, 3.63) is 49.6 Å². The molecule has 0 unspecified atom stereocenters. The Morgan fingerprint density at radius 3 is 2.56 bits per heavy atom. The van der Waals surface area contributed by atoms with E-state index in [1.807, 2.05) is 31.4 Å². The topological polar surface area (TPSA) is 84.4 Å². The van der Waals surface area contributed by atoms with Crippen molar-refractivity contribution in [3.8, 4) is 10.4 Å². The van der Waals surface area contributed by atoms with Crippen molar-refractivity contribution in [1.82, 2.24) is 9.13 Å². The van der Waals surface area contributed by atoms with Gasteiger partial charge < -0.3 is 4.74 Å². The number of pyridine rings is 1. The van der Waals surface area contributed by atoms with Gasteiger partial charge in [-0.15, -0.1) is 11.3 Å². The molecule has 142 valence electrons. The van der Waals surface area contributed by atoms with E-state index in [1.54, 1.807) is 14.0 Å². The Kier molecular flexibility index (Phi) is 5.01. The van der Waals surface area contributed by atoms with Crippen LogP contribution in [0.2, 0.25) is 0 Å². The first-order chi connectivity index (χ1) is 12.7. The second-order valence-corrected chi connectivity index (χ2v) is 7.85. The number of nitrogens with zero attached hydrogens (tertiary/aromatic N) is 2. The average Bonchev–Trinajstić information content (AvgIpc) is 3.16. The number of rotatable bonds is 4. The summed E-state index contributed by atoms with van der Waals surface area (Å²) in [5.74, 6) is -0.295. The summed E-state index contributed by atoms with van der Waals surface area (Å²) in [4.78, 5) is 42.0. The number of carbonyl (C=O) groups excluding carboxylic acids is 1. The summed E-state index contributed by atoms with van der Waals surface area (Å²) in [5.41, 5.74) is 0.857. The molecule has 3 heterocycles. The highest BCUT2D eigenvalue weighted by atomic mass is 32.1. The van der Waals surface area contributed by atoms with Crippen LogP contribution in [0.1, 0.15) is 29.9 Å². The molecule has 0 saturated heterocycles. The van der Waals surface area contributed by atoms with Crippen LogP contribution in [0.5, 0.6) is 0 Å². The van der Waals surface area contributed by atoms with Crippen molar-refractivity contribution >= 4 is 28.3 Å². The number of H-pyrrole nitrogens is 1. The number of fused-ring (bicyclic) bond motifs is 1. The zero-order chi connectivity index (χ0) is 19.9. The molecule has 0 fully saturated rings. The van der Waals surface area contributed by atoms with Gasteiger partial charge in [-0.1, -0.05) is 19.9 Å². The van der Waals surface area contributed by atoms with Crippen LogP contribution >= 0.6 is 11.3 Å². The van der Waals surface area contributed by atoms with Crippen molar-refractivity contribution in [2.24, 2.45) is 20.0 Å². The van der Waals surface area contributed by atoms with Crippen LogP contribution < -0.4 is 16.2 Å². The van der Waals surface area contributed by atoms with E-state index in [-0.39, 0.29) is 12.5 Å². The minimum atomic E-state index is -0.487. The molecule has 0 aliphatic carbocycles. The molecule has 0 spiro atoms. The SMILES string of the molecule is Cc1[nH+]c2c(c(-c3cccs3)c1C(=O)OCC(C)C)c(=O)n(C)c(=O)n2C. The first-order valence-corrected chi connectivity index (χ1v) is 9.48. The Morgan fingerprint density at radius 2 is 1.96 bits per heavy atom. The number of hydrogen-bond acceptors (Lipinski definition) is 5. The predicted molar refractivity (Wildman–Crippen MR) is 104 cm³/mol. The van der Waals surface area contributed by atoms with E-state index in [0.29, 0.717) is 27.9 Å². The van der Waals surface area contributed by atoms with Gasteiger partial charge in [0.2, 0.25) is 0 Å². The lowest BCUT2D eigenvalue weighted by atomic mass is 10.0. The summed E-state index contributed by atoms with van der Waals surface area (Å²) < 4.78 is 7.88. The third-order valence-corrected chi connectivity index (χ3v) is 5.25. The van der Waals surface area contributed by atoms with Crippen LogP contribution in [0.4, 0.5) is 0 Å². The highest BCUT2D eigenvalue weighted by molar-refractivity contribution is 7.13. The Balaban J connectivity index is 2.45. The summed E-state index contributed by atoms with van der Waals surface area (Å²) in [6.45, 7) is 5.94. The van der Waals surface area contributed by atoms with E-state index in [1.165, 1.54) is 23.0 Å². The maximum absolute atomic E-state index is 13.0. The molecule has 27 heavy (non-hydrogen) atoms. The Hall–Kier alpha value is -2.74. The Morgan fingerprint density at radius 1 is 1.26 bits per heavy atom. The second kappa shape index (κ2) is 7.11. The van der Waals surface area contributed by atoms with E-state index in [4.69, 9.17) is 4.74 Å². The molecule has 0 aromatic carbocycles. The molecule has 7 nitrogen and oxygen atoms in total. The maximum Gasteiger partial charge on any atom is 0.417 e. The first kappa shape index (κ1) is 19.0. The second-order valence-electron chi connectivity index (χ2n) is 6.90. The molecule has 0 radical (unpaired) electrons. The maximum atomic E-state index is 13.0. The van der Waals surface area contributed by atoms with Gasteiger partial charge in [-0.3, -0.25) is 4.79 Å². The molecule has 0 aliphatic rings. The molecule has 1 N–H and O–H groups in total. The lowest BCUT2D eigenvalue weighted by molar-refractivity contribution is -0.359. The molecule has 0 saturated carbocycles. The normalized spacial score (nSPS) is 11.3. The van der Waals surface area contributed by atoms with Crippen LogP contribution in [-0.4, -0.2) is 21.7 Å². The Labute approximate surface area is 159 Å². The van der Waals surface area contributed by atoms with E-state index >= 15 is 0 Å². The summed E-state index contributed by atoms with van der Waals surface area (Å²) >= 11 is 1.42. The fraction of sp³-hybridized carbons (Fsp3) is 0.368. The minimum Gasteiger partial charge on any atom is -0.462 e. The molecule has 0 bridgehead atoms. The molecule has 3 aromatic heterocycles. The molecule has 8 heteroatoms. The quantitative estimate of drug-likeness (QED) is 0.639. The third-order valence-electron chi connectivity index (χ3n) is 4.36. The van der Waals surface area contributed by atoms with E-state index in [0.717, 1.165) is 9.44 Å². The summed E-state index contributed by atoms with van der Waals surface area (Å²) in [7, 11) is 3.02. The number of hydrogen-bond donors (Lipinski definition) is 0. The smallest absolute Gasteiger partial charge is 0.417 e. The number of thiophene rings is 1. The fourth-order valence-electron chi connectivity index (χ4n) is 3.01. The molecule has 0 aliphatic heterocycles. The molecule has 3 rings (SSSR count). The molecule has 0 atom stereocenters. The highest BCUT2D eigenvalue weighted by Crippen LogP contribution is 2.33. The number of aromatic nitrogens is 3. The average molecular weight is 388 g/mol. The van der Waals surface area contributed by atoms with Gasteiger partial charge in [0.1, 0.15) is 16.6 Å². The zero-order valence-corrected chi connectivity index (χ0v) is 16.8. The number of esters is 1. The van der Waals surface area contributed by atoms with Crippen LogP contribution in [0.25, 0.3) is 21.5 Å². The number of ether oxygens (including phenoxy) is 1. The summed E-state index contributed by atoms with van der Waals surface area (Å²) in [6, 6.07) is 3.70. The minimum absolute atomic E-state index is 0.192. The lowest BCUT2D eigenvalue weighted by Gasteiger charge is -2.13. The van der Waals surface area contributed by atoms with Gasteiger partial charge in [0.05, 0.1) is 13.7 Å². The predicted octanol–water partition coefficient (Wildman–Crippen LogP) is 1.90. The molecule has 0 amide bonds. The Bertz CT molecular complexity index is 1140. The van der Waals surface area contributed by atoms with E-state index in [9.17, 15) is 14.4 Å². The first-order valence-electron chi connectivity index (χ1n) is 8.60. The molecular formula is C19H22N3O4S+. The van der Waals surface area contributed by atoms with Crippen LogP contribution in [-0.2, 0) is 18.8 Å². The number of aryl methyl sites for hydroxylation is 2. The van der Waals surface area contributed by atoms with Gasteiger partial charge in [-0.25, -0.2) is 19.1 Å². The van der Waals surface area contributed by atoms with Gasteiger partial charge in [0.15, 0.2) is 0 Å². The largest absolute Gasteiger partial charge is 0.462 e. The van der Waals surface area contributed by atoms with Gasteiger partial charge in [0.25, 0.3) is 11.2 Å².